The Balaban J connectivity index is 1.54. The van der Waals surface area contributed by atoms with Gasteiger partial charge in [-0.05, 0) is 58.1 Å². The Morgan fingerprint density at radius 3 is 2.56 bits per heavy atom. The minimum atomic E-state index is -0.506. The summed E-state index contributed by atoms with van der Waals surface area (Å²) in [6.07, 6.45) is 4.33. The van der Waals surface area contributed by atoms with Gasteiger partial charge >= 0.3 is 6.09 Å². The van der Waals surface area contributed by atoms with Crippen molar-refractivity contribution in [3.8, 4) is 0 Å². The number of nitrogens with zero attached hydrogens (tertiary/aromatic N) is 3. The summed E-state index contributed by atoms with van der Waals surface area (Å²) in [5, 5.41) is 8.54. The van der Waals surface area contributed by atoms with Crippen molar-refractivity contribution in [2.24, 2.45) is 0 Å². The number of aromatic nitrogens is 2. The molecule has 2 saturated heterocycles. The van der Waals surface area contributed by atoms with E-state index in [0.29, 0.717) is 37.3 Å². The monoisotopic (exact) mass is 436 g/mol. The third-order valence-electron chi connectivity index (χ3n) is 6.06. The van der Waals surface area contributed by atoms with Crippen molar-refractivity contribution in [3.63, 3.8) is 0 Å². The van der Waals surface area contributed by atoms with Crippen LogP contribution in [-0.2, 0) is 14.3 Å². The minimum Gasteiger partial charge on any atom is -0.444 e. The Morgan fingerprint density at radius 1 is 1.16 bits per heavy atom. The molecule has 32 heavy (non-hydrogen) atoms. The SMILES string of the molecule is CC(C)(C)OC(=O)N1CCC(n2ncc3c(C4CCC(=C=O)NC4=C=O)cccc32)CC1. The van der Waals surface area contributed by atoms with E-state index < -0.39 is 5.60 Å². The number of carbonyl (C=O) groups is 1. The van der Waals surface area contributed by atoms with Crippen LogP contribution >= 0.6 is 0 Å². The first kappa shape index (κ1) is 21.9. The fourth-order valence-electron chi connectivity index (χ4n) is 4.54. The first-order chi connectivity index (χ1) is 15.3. The molecule has 0 saturated carbocycles. The van der Waals surface area contributed by atoms with Crippen molar-refractivity contribution >= 4 is 28.9 Å². The molecule has 1 aromatic heterocycles. The van der Waals surface area contributed by atoms with Gasteiger partial charge in [-0.25, -0.2) is 14.4 Å². The van der Waals surface area contributed by atoms with Crippen LogP contribution in [0.5, 0.6) is 0 Å². The number of ether oxygens (including phenoxy) is 1. The van der Waals surface area contributed by atoms with E-state index in [4.69, 9.17) is 4.74 Å². The minimum absolute atomic E-state index is 0.167. The predicted molar refractivity (Wildman–Crippen MR) is 119 cm³/mol. The third kappa shape index (κ3) is 4.33. The molecule has 0 spiro atoms. The number of fused-ring (bicyclic) bond motifs is 1. The number of amides is 1. The Labute approximate surface area is 186 Å². The average molecular weight is 437 g/mol. The van der Waals surface area contributed by atoms with Gasteiger partial charge in [-0.1, -0.05) is 12.1 Å². The molecule has 1 atom stereocenters. The number of piperidine rings is 2. The van der Waals surface area contributed by atoms with E-state index in [1.165, 1.54) is 0 Å². The second-order valence-corrected chi connectivity index (χ2v) is 9.38. The molecule has 3 heterocycles. The van der Waals surface area contributed by atoms with Gasteiger partial charge in [0.2, 0.25) is 0 Å². The molecule has 0 radical (unpaired) electrons. The van der Waals surface area contributed by atoms with Crippen LogP contribution < -0.4 is 5.32 Å². The van der Waals surface area contributed by atoms with Crippen LogP contribution in [0.4, 0.5) is 4.79 Å². The number of benzene rings is 1. The zero-order valence-corrected chi connectivity index (χ0v) is 18.7. The Morgan fingerprint density at radius 2 is 1.91 bits per heavy atom. The number of hydrogen-bond acceptors (Lipinski definition) is 6. The van der Waals surface area contributed by atoms with Crippen molar-refractivity contribution in [3.05, 3.63) is 41.4 Å². The van der Waals surface area contributed by atoms with Gasteiger partial charge in [0.25, 0.3) is 0 Å². The van der Waals surface area contributed by atoms with Gasteiger partial charge in [0, 0.05) is 24.4 Å². The number of hydrogen-bond donors (Lipinski definition) is 1. The number of allylic oxidation sites excluding steroid dienone is 2. The highest BCUT2D eigenvalue weighted by molar-refractivity contribution is 5.84. The summed E-state index contributed by atoms with van der Waals surface area (Å²) in [6, 6.07) is 6.18. The topological polar surface area (TPSA) is 93.5 Å². The average Bonchev–Trinajstić information content (AvgIpc) is 3.22. The molecular weight excluding hydrogens is 408 g/mol. The molecule has 2 aliphatic heterocycles. The quantitative estimate of drug-likeness (QED) is 0.724. The lowest BCUT2D eigenvalue weighted by molar-refractivity contribution is 0.0186. The fraction of sp³-hybridized carbons (Fsp3) is 0.500. The van der Waals surface area contributed by atoms with Gasteiger partial charge in [0.15, 0.2) is 0 Å². The lowest BCUT2D eigenvalue weighted by Crippen LogP contribution is -2.42. The molecule has 0 bridgehead atoms. The second kappa shape index (κ2) is 8.65. The maximum absolute atomic E-state index is 12.4. The van der Waals surface area contributed by atoms with Gasteiger partial charge in [-0.2, -0.15) is 5.10 Å². The zero-order chi connectivity index (χ0) is 22.9. The molecule has 1 N–H and O–H groups in total. The highest BCUT2D eigenvalue weighted by Gasteiger charge is 2.30. The van der Waals surface area contributed by atoms with E-state index in [9.17, 15) is 14.4 Å². The van der Waals surface area contributed by atoms with Gasteiger partial charge < -0.3 is 15.0 Å². The summed E-state index contributed by atoms with van der Waals surface area (Å²) in [5.74, 6) is 3.65. The van der Waals surface area contributed by atoms with E-state index >= 15 is 0 Å². The van der Waals surface area contributed by atoms with Crippen LogP contribution in [0.15, 0.2) is 35.8 Å². The molecule has 8 heteroatoms. The second-order valence-electron chi connectivity index (χ2n) is 9.38. The van der Waals surface area contributed by atoms with Crippen LogP contribution in [0.2, 0.25) is 0 Å². The highest BCUT2D eigenvalue weighted by Crippen LogP contribution is 2.37. The summed E-state index contributed by atoms with van der Waals surface area (Å²) in [7, 11) is 0. The lowest BCUT2D eigenvalue weighted by atomic mass is 9.86. The largest absolute Gasteiger partial charge is 0.444 e. The first-order valence-electron chi connectivity index (χ1n) is 11.0. The number of likely N-dealkylation sites (tertiary alicyclic amines) is 1. The van der Waals surface area contributed by atoms with Crippen molar-refractivity contribution in [2.45, 2.75) is 64.0 Å². The molecule has 1 unspecified atom stereocenters. The molecule has 8 nitrogen and oxygen atoms in total. The Bertz CT molecular complexity index is 1120. The summed E-state index contributed by atoms with van der Waals surface area (Å²) in [4.78, 5) is 36.6. The van der Waals surface area contributed by atoms with Gasteiger partial charge in [0.05, 0.1) is 17.8 Å². The van der Waals surface area contributed by atoms with Crippen LogP contribution in [-0.4, -0.2) is 51.3 Å². The maximum atomic E-state index is 12.4. The third-order valence-corrected chi connectivity index (χ3v) is 6.06. The molecule has 168 valence electrons. The van der Waals surface area contributed by atoms with Gasteiger partial charge in [-0.15, -0.1) is 0 Å². The number of rotatable bonds is 2. The van der Waals surface area contributed by atoms with Crippen LogP contribution in [0.1, 0.15) is 64.0 Å². The number of nitrogens with one attached hydrogen (secondary N) is 1. The Hall–Kier alpha value is -3.34. The van der Waals surface area contributed by atoms with E-state index in [0.717, 1.165) is 29.3 Å². The van der Waals surface area contributed by atoms with Crippen LogP contribution in [0.25, 0.3) is 10.9 Å². The molecular formula is C24H28N4O4. The van der Waals surface area contributed by atoms with Crippen molar-refractivity contribution in [1.82, 2.24) is 20.0 Å². The zero-order valence-electron chi connectivity index (χ0n) is 18.7. The lowest BCUT2D eigenvalue weighted by Gasteiger charge is -2.33. The van der Waals surface area contributed by atoms with Crippen molar-refractivity contribution < 1.29 is 19.1 Å². The molecule has 4 rings (SSSR count). The van der Waals surface area contributed by atoms with Crippen molar-refractivity contribution in [2.75, 3.05) is 13.1 Å². The molecule has 2 aliphatic rings. The predicted octanol–water partition coefficient (Wildman–Crippen LogP) is 3.51. The molecule has 2 aromatic rings. The van der Waals surface area contributed by atoms with Crippen molar-refractivity contribution in [1.29, 1.82) is 0 Å². The maximum Gasteiger partial charge on any atom is 0.410 e. The van der Waals surface area contributed by atoms with Gasteiger partial charge in [-0.3, -0.25) is 4.68 Å². The number of carbonyl (C=O) groups excluding carboxylic acids is 3. The van der Waals surface area contributed by atoms with Crippen LogP contribution in [0.3, 0.4) is 0 Å². The van der Waals surface area contributed by atoms with E-state index in [2.05, 4.69) is 10.4 Å². The molecule has 2 fully saturated rings. The standard InChI is InChI=1S/C24H28N4O4/c1-24(2,3)32-23(31)27-11-9-17(10-12-27)28-22-6-4-5-18(20(22)13-25-28)19-8-7-16(14-29)26-21(19)15-30/h4-6,13,17,19,26H,7-12H2,1-3H3. The summed E-state index contributed by atoms with van der Waals surface area (Å²) in [5.41, 5.74) is 2.24. The summed E-state index contributed by atoms with van der Waals surface area (Å²) < 4.78 is 7.52. The Kier molecular flexibility index (Phi) is 5.92. The van der Waals surface area contributed by atoms with Gasteiger partial charge in [0.1, 0.15) is 28.9 Å². The van der Waals surface area contributed by atoms with E-state index in [1.54, 1.807) is 4.90 Å². The summed E-state index contributed by atoms with van der Waals surface area (Å²) >= 11 is 0. The van der Waals surface area contributed by atoms with Crippen LogP contribution in [0, 0.1) is 0 Å². The first-order valence-corrected chi connectivity index (χ1v) is 11.0. The molecule has 0 aliphatic carbocycles. The molecule has 1 aromatic carbocycles. The van der Waals surface area contributed by atoms with E-state index in [-0.39, 0.29) is 18.1 Å². The normalized spacial score (nSPS) is 20.0. The smallest absolute Gasteiger partial charge is 0.410 e. The fourth-order valence-corrected chi connectivity index (χ4v) is 4.54. The molecule has 1 amide bonds. The highest BCUT2D eigenvalue weighted by atomic mass is 16.6. The summed E-state index contributed by atoms with van der Waals surface area (Å²) in [6.45, 7) is 6.84. The van der Waals surface area contributed by atoms with E-state index in [1.807, 2.05) is 61.7 Å².